The number of hydrogen-bond donors (Lipinski definition) is 2. The summed E-state index contributed by atoms with van der Waals surface area (Å²) in [4.78, 5) is 2.33. The number of nitrogens with zero attached hydrogens (tertiary/aromatic N) is 1. The van der Waals surface area contributed by atoms with Gasteiger partial charge in [0, 0.05) is 31.7 Å². The number of aliphatic hydroxyl groups is 1. The Kier molecular flexibility index (Phi) is 7.58. The molecule has 0 bridgehead atoms. The van der Waals surface area contributed by atoms with Crippen molar-refractivity contribution in [1.82, 2.24) is 4.90 Å². The van der Waals surface area contributed by atoms with E-state index in [4.69, 9.17) is 26.2 Å². The lowest BCUT2D eigenvalue weighted by molar-refractivity contribution is 0.200. The summed E-state index contributed by atoms with van der Waals surface area (Å²) < 4.78 is 24.5. The Morgan fingerprint density at radius 2 is 1.97 bits per heavy atom. The molecule has 2 N–H and O–H groups in total. The number of methoxy groups -OCH3 is 1. The third-order valence-corrected chi connectivity index (χ3v) is 5.50. The Balaban J connectivity index is 1.55. The van der Waals surface area contributed by atoms with Crippen molar-refractivity contribution in [3.63, 3.8) is 0 Å². The molecule has 29 heavy (non-hydrogen) atoms. The summed E-state index contributed by atoms with van der Waals surface area (Å²) in [6, 6.07) is 9.22. The second kappa shape index (κ2) is 10.1. The van der Waals surface area contributed by atoms with Crippen molar-refractivity contribution in [2.75, 3.05) is 38.7 Å². The first-order chi connectivity index (χ1) is 14.0. The molecule has 3 rings (SSSR count). The van der Waals surface area contributed by atoms with E-state index >= 15 is 0 Å². The van der Waals surface area contributed by atoms with E-state index in [1.807, 2.05) is 25.1 Å². The average molecular weight is 423 g/mol. The number of anilines is 1. The molecule has 0 aromatic heterocycles. The summed E-state index contributed by atoms with van der Waals surface area (Å²) in [7, 11) is 1.47. The Bertz CT molecular complexity index is 826. The zero-order valence-electron chi connectivity index (χ0n) is 16.9. The van der Waals surface area contributed by atoms with E-state index in [0.29, 0.717) is 11.1 Å². The fourth-order valence-electron chi connectivity index (χ4n) is 3.60. The van der Waals surface area contributed by atoms with Crippen LogP contribution in [0.25, 0.3) is 0 Å². The second-order valence-electron chi connectivity index (χ2n) is 7.33. The van der Waals surface area contributed by atoms with E-state index in [2.05, 4.69) is 10.2 Å². The maximum absolute atomic E-state index is 13.9. The number of halogens is 2. The number of benzene rings is 2. The minimum atomic E-state index is -0.324. The maximum atomic E-state index is 13.9. The molecule has 0 unspecified atom stereocenters. The molecule has 0 radical (unpaired) electrons. The van der Waals surface area contributed by atoms with Gasteiger partial charge in [0.1, 0.15) is 12.4 Å². The quantitative estimate of drug-likeness (QED) is 0.666. The van der Waals surface area contributed by atoms with Crippen molar-refractivity contribution in [2.45, 2.75) is 32.4 Å². The lowest BCUT2D eigenvalue weighted by Crippen LogP contribution is -2.38. The Labute approximate surface area is 176 Å². The van der Waals surface area contributed by atoms with E-state index in [1.54, 1.807) is 12.1 Å². The van der Waals surface area contributed by atoms with Gasteiger partial charge in [-0.1, -0.05) is 17.7 Å². The van der Waals surface area contributed by atoms with Crippen LogP contribution in [-0.4, -0.2) is 49.5 Å². The van der Waals surface area contributed by atoms with Gasteiger partial charge in [0.15, 0.2) is 11.6 Å². The highest BCUT2D eigenvalue weighted by atomic mass is 35.5. The summed E-state index contributed by atoms with van der Waals surface area (Å²) in [6.45, 7) is 4.72. The van der Waals surface area contributed by atoms with Crippen molar-refractivity contribution in [2.24, 2.45) is 0 Å². The van der Waals surface area contributed by atoms with Gasteiger partial charge in [-0.3, -0.25) is 4.90 Å². The predicted octanol–water partition coefficient (Wildman–Crippen LogP) is 4.24. The van der Waals surface area contributed by atoms with Crippen molar-refractivity contribution in [1.29, 1.82) is 0 Å². The molecule has 0 saturated carbocycles. The van der Waals surface area contributed by atoms with E-state index in [9.17, 15) is 4.39 Å². The molecule has 0 aliphatic carbocycles. The van der Waals surface area contributed by atoms with Gasteiger partial charge in [-0.25, -0.2) is 4.39 Å². The topological polar surface area (TPSA) is 54.0 Å². The fourth-order valence-corrected chi connectivity index (χ4v) is 3.87. The van der Waals surface area contributed by atoms with Gasteiger partial charge in [-0.2, -0.15) is 0 Å². The molecule has 1 fully saturated rings. The third kappa shape index (κ3) is 5.75. The fraction of sp³-hybridized carbons (Fsp3) is 0.455. The molecule has 5 nitrogen and oxygen atoms in total. The molecule has 0 spiro atoms. The Hall–Kier alpha value is -2.02. The number of aryl methyl sites for hydroxylation is 1. The summed E-state index contributed by atoms with van der Waals surface area (Å²) in [5.74, 6) is 0.675. The predicted molar refractivity (Wildman–Crippen MR) is 114 cm³/mol. The molecular weight excluding hydrogens is 395 g/mol. The second-order valence-corrected chi connectivity index (χ2v) is 7.74. The van der Waals surface area contributed by atoms with Gasteiger partial charge in [0.25, 0.3) is 0 Å². The van der Waals surface area contributed by atoms with Crippen LogP contribution < -0.4 is 14.8 Å². The van der Waals surface area contributed by atoms with Crippen LogP contribution in [0.3, 0.4) is 0 Å². The van der Waals surface area contributed by atoms with Crippen molar-refractivity contribution in [3.8, 4) is 11.5 Å². The minimum absolute atomic E-state index is 0.0264. The summed E-state index contributed by atoms with van der Waals surface area (Å²) >= 11 is 6.41. The number of hydrogen-bond acceptors (Lipinski definition) is 5. The smallest absolute Gasteiger partial charge is 0.165 e. The van der Waals surface area contributed by atoms with Gasteiger partial charge in [-0.15, -0.1) is 0 Å². The summed E-state index contributed by atoms with van der Waals surface area (Å²) in [5.41, 5.74) is 2.73. The normalized spacial score (nSPS) is 15.3. The van der Waals surface area contributed by atoms with Crippen molar-refractivity contribution < 1.29 is 19.0 Å². The first kappa shape index (κ1) is 21.7. The van der Waals surface area contributed by atoms with E-state index < -0.39 is 0 Å². The van der Waals surface area contributed by atoms with Gasteiger partial charge < -0.3 is 19.9 Å². The standard InChI is InChI=1S/C22H28ClFN2O3/c1-15-11-18(23)20(13-22(15)29-10-9-27)25-17-5-7-26(8-6-17)14-16-3-4-21(28-2)19(24)12-16/h3-4,11-13,17,25,27H,5-10,14H2,1-2H3. The van der Waals surface area contributed by atoms with Gasteiger partial charge in [0.05, 0.1) is 24.4 Å². The van der Waals surface area contributed by atoms with E-state index in [1.165, 1.54) is 7.11 Å². The monoisotopic (exact) mass is 422 g/mol. The molecule has 2 aromatic rings. The van der Waals surface area contributed by atoms with Crippen LogP contribution >= 0.6 is 11.6 Å². The third-order valence-electron chi connectivity index (χ3n) is 5.18. The molecule has 7 heteroatoms. The number of likely N-dealkylation sites (tertiary alicyclic amines) is 1. The Morgan fingerprint density at radius 1 is 1.21 bits per heavy atom. The van der Waals surface area contributed by atoms with E-state index in [0.717, 1.165) is 55.0 Å². The molecule has 1 aliphatic rings. The SMILES string of the molecule is COc1ccc(CN2CCC(Nc3cc(OCCO)c(C)cc3Cl)CC2)cc1F. The molecule has 1 heterocycles. The highest BCUT2D eigenvalue weighted by Gasteiger charge is 2.21. The zero-order chi connectivity index (χ0) is 20.8. The molecule has 158 valence electrons. The maximum Gasteiger partial charge on any atom is 0.165 e. The highest BCUT2D eigenvalue weighted by Crippen LogP contribution is 2.32. The summed E-state index contributed by atoms with van der Waals surface area (Å²) in [5, 5.41) is 13.2. The van der Waals surface area contributed by atoms with Crippen LogP contribution in [0.5, 0.6) is 11.5 Å². The first-order valence-electron chi connectivity index (χ1n) is 9.85. The summed E-state index contributed by atoms with van der Waals surface area (Å²) in [6.07, 6.45) is 1.94. The molecule has 0 amide bonds. The van der Waals surface area contributed by atoms with Crippen LogP contribution in [-0.2, 0) is 6.54 Å². The lowest BCUT2D eigenvalue weighted by atomic mass is 10.0. The van der Waals surface area contributed by atoms with Gasteiger partial charge in [-0.05, 0) is 49.1 Å². The number of rotatable bonds is 8. The van der Waals surface area contributed by atoms with Crippen LogP contribution in [0, 0.1) is 12.7 Å². The van der Waals surface area contributed by atoms with Crippen LogP contribution in [0.1, 0.15) is 24.0 Å². The van der Waals surface area contributed by atoms with Crippen LogP contribution in [0.2, 0.25) is 5.02 Å². The van der Waals surface area contributed by atoms with Crippen LogP contribution in [0.15, 0.2) is 30.3 Å². The first-order valence-corrected chi connectivity index (χ1v) is 10.2. The number of ether oxygens (including phenoxy) is 2. The molecule has 1 aliphatic heterocycles. The van der Waals surface area contributed by atoms with Crippen LogP contribution in [0.4, 0.5) is 10.1 Å². The zero-order valence-corrected chi connectivity index (χ0v) is 17.6. The largest absolute Gasteiger partial charge is 0.494 e. The van der Waals surface area contributed by atoms with E-state index in [-0.39, 0.29) is 24.8 Å². The number of nitrogens with one attached hydrogen (secondary N) is 1. The Morgan fingerprint density at radius 3 is 2.62 bits per heavy atom. The highest BCUT2D eigenvalue weighted by molar-refractivity contribution is 6.33. The number of piperidine rings is 1. The molecule has 0 atom stereocenters. The van der Waals surface area contributed by atoms with Gasteiger partial charge >= 0.3 is 0 Å². The van der Waals surface area contributed by atoms with Gasteiger partial charge in [0.2, 0.25) is 0 Å². The lowest BCUT2D eigenvalue weighted by Gasteiger charge is -2.33. The minimum Gasteiger partial charge on any atom is -0.494 e. The van der Waals surface area contributed by atoms with Crippen molar-refractivity contribution >= 4 is 17.3 Å². The molecule has 1 saturated heterocycles. The molecule has 2 aromatic carbocycles. The van der Waals surface area contributed by atoms with Crippen molar-refractivity contribution in [3.05, 3.63) is 52.3 Å². The average Bonchev–Trinajstić information content (AvgIpc) is 2.71. The number of aliphatic hydroxyl groups excluding tert-OH is 1. The molecular formula is C22H28ClFN2O3.